The van der Waals surface area contributed by atoms with Gasteiger partial charge in [0.25, 0.3) is 0 Å². The summed E-state index contributed by atoms with van der Waals surface area (Å²) in [5, 5.41) is 7.62. The van der Waals surface area contributed by atoms with Crippen molar-refractivity contribution in [3.8, 4) is 0 Å². The van der Waals surface area contributed by atoms with Gasteiger partial charge >= 0.3 is 6.03 Å². The molecule has 0 saturated carbocycles. The Bertz CT molecular complexity index is 966. The van der Waals surface area contributed by atoms with Crippen molar-refractivity contribution in [3.63, 3.8) is 0 Å². The molecule has 0 unspecified atom stereocenters. The molecule has 0 aliphatic carbocycles. The SMILES string of the molecule is CC(=O)c1cccc(NC(=O)Cc2csc(NC(=O)N3CCN(C(C)=O)CC3)n2)c1. The third-order valence-corrected chi connectivity index (χ3v) is 5.48. The highest BCUT2D eigenvalue weighted by molar-refractivity contribution is 7.13. The quantitative estimate of drug-likeness (QED) is 0.708. The van der Waals surface area contributed by atoms with Crippen molar-refractivity contribution in [2.75, 3.05) is 36.8 Å². The fourth-order valence-corrected chi connectivity index (χ4v) is 3.73. The van der Waals surface area contributed by atoms with Crippen LogP contribution in [0, 0.1) is 0 Å². The standard InChI is InChI=1S/C20H23N5O4S/c1-13(26)15-4-3-5-16(10-15)21-18(28)11-17-12-30-19(22-17)23-20(29)25-8-6-24(7-9-25)14(2)27/h3-5,10,12H,6-9,11H2,1-2H3,(H,21,28)(H,22,23,29). The Labute approximate surface area is 178 Å². The third kappa shape index (κ3) is 5.63. The maximum absolute atomic E-state index is 12.4. The summed E-state index contributed by atoms with van der Waals surface area (Å²) < 4.78 is 0. The number of piperazine rings is 1. The first kappa shape index (κ1) is 21.4. The molecule has 0 bridgehead atoms. The van der Waals surface area contributed by atoms with E-state index in [9.17, 15) is 19.2 Å². The number of carbonyl (C=O) groups excluding carboxylic acids is 4. The van der Waals surface area contributed by atoms with Crippen molar-refractivity contribution in [2.24, 2.45) is 0 Å². The Hall–Kier alpha value is -3.27. The van der Waals surface area contributed by atoms with E-state index in [-0.39, 0.29) is 30.0 Å². The van der Waals surface area contributed by atoms with E-state index in [0.29, 0.717) is 48.3 Å². The normalized spacial score (nSPS) is 13.7. The van der Waals surface area contributed by atoms with Crippen molar-refractivity contribution in [3.05, 3.63) is 40.9 Å². The lowest BCUT2D eigenvalue weighted by atomic mass is 10.1. The number of aromatic nitrogens is 1. The van der Waals surface area contributed by atoms with Gasteiger partial charge in [-0.1, -0.05) is 12.1 Å². The molecular weight excluding hydrogens is 406 g/mol. The molecule has 1 aliphatic heterocycles. The third-order valence-electron chi connectivity index (χ3n) is 4.67. The number of hydrogen-bond donors (Lipinski definition) is 2. The predicted molar refractivity (Wildman–Crippen MR) is 114 cm³/mol. The van der Waals surface area contributed by atoms with E-state index in [1.165, 1.54) is 25.2 Å². The Kier molecular flexibility index (Phi) is 6.78. The maximum atomic E-state index is 12.4. The molecule has 9 nitrogen and oxygen atoms in total. The molecule has 1 aliphatic rings. The first-order valence-corrected chi connectivity index (χ1v) is 10.4. The van der Waals surface area contributed by atoms with Crippen LogP contribution in [0.3, 0.4) is 0 Å². The second-order valence-corrected chi connectivity index (χ2v) is 7.79. The molecule has 1 fully saturated rings. The number of urea groups is 1. The summed E-state index contributed by atoms with van der Waals surface area (Å²) in [5.74, 6) is -0.334. The Morgan fingerprint density at radius 1 is 1.03 bits per heavy atom. The number of carbonyl (C=O) groups is 4. The van der Waals surface area contributed by atoms with Crippen molar-refractivity contribution >= 4 is 45.8 Å². The lowest BCUT2D eigenvalue weighted by Gasteiger charge is -2.33. The number of amides is 4. The Morgan fingerprint density at radius 2 is 1.73 bits per heavy atom. The van der Waals surface area contributed by atoms with Crippen LogP contribution in [0.15, 0.2) is 29.6 Å². The molecule has 30 heavy (non-hydrogen) atoms. The molecule has 3 rings (SSSR count). The van der Waals surface area contributed by atoms with E-state index in [4.69, 9.17) is 0 Å². The van der Waals surface area contributed by atoms with E-state index >= 15 is 0 Å². The van der Waals surface area contributed by atoms with Crippen molar-refractivity contribution in [1.29, 1.82) is 0 Å². The van der Waals surface area contributed by atoms with Gasteiger partial charge in [0.05, 0.1) is 12.1 Å². The molecule has 2 N–H and O–H groups in total. The molecule has 2 heterocycles. The van der Waals surface area contributed by atoms with Crippen LogP contribution >= 0.6 is 11.3 Å². The number of rotatable bonds is 5. The van der Waals surface area contributed by atoms with E-state index < -0.39 is 0 Å². The topological polar surface area (TPSA) is 112 Å². The summed E-state index contributed by atoms with van der Waals surface area (Å²) in [4.78, 5) is 55.1. The number of nitrogens with zero attached hydrogens (tertiary/aromatic N) is 3. The number of nitrogens with one attached hydrogen (secondary N) is 2. The Balaban J connectivity index is 1.50. The average Bonchev–Trinajstić information content (AvgIpc) is 3.14. The van der Waals surface area contributed by atoms with Gasteiger partial charge in [-0.25, -0.2) is 9.78 Å². The smallest absolute Gasteiger partial charge is 0.323 e. The van der Waals surface area contributed by atoms with Gasteiger partial charge in [0.2, 0.25) is 11.8 Å². The minimum atomic E-state index is -0.274. The van der Waals surface area contributed by atoms with Gasteiger partial charge < -0.3 is 15.1 Å². The van der Waals surface area contributed by atoms with Gasteiger partial charge in [-0.05, 0) is 19.1 Å². The second kappa shape index (κ2) is 9.49. The summed E-state index contributed by atoms with van der Waals surface area (Å²) in [6.45, 7) is 4.93. The minimum absolute atomic E-state index is 0.00548. The molecule has 2 aromatic rings. The monoisotopic (exact) mass is 429 g/mol. The highest BCUT2D eigenvalue weighted by atomic mass is 32.1. The molecule has 1 aromatic carbocycles. The first-order valence-electron chi connectivity index (χ1n) is 9.48. The molecule has 10 heteroatoms. The number of ketones is 1. The highest BCUT2D eigenvalue weighted by Crippen LogP contribution is 2.18. The van der Waals surface area contributed by atoms with Crippen LogP contribution in [0.25, 0.3) is 0 Å². The van der Waals surface area contributed by atoms with Crippen LogP contribution in [0.4, 0.5) is 15.6 Å². The van der Waals surface area contributed by atoms with Gasteiger partial charge in [-0.3, -0.25) is 19.7 Å². The maximum Gasteiger partial charge on any atom is 0.323 e. The zero-order valence-electron chi connectivity index (χ0n) is 16.8. The number of hydrogen-bond acceptors (Lipinski definition) is 6. The second-order valence-electron chi connectivity index (χ2n) is 6.93. The number of anilines is 2. The Morgan fingerprint density at radius 3 is 2.40 bits per heavy atom. The van der Waals surface area contributed by atoms with Gasteiger partial charge in [-0.15, -0.1) is 11.3 Å². The number of benzene rings is 1. The fraction of sp³-hybridized carbons (Fsp3) is 0.350. The highest BCUT2D eigenvalue weighted by Gasteiger charge is 2.23. The number of Topliss-reactive ketones (excluding diaryl/α,β-unsaturated/α-hetero) is 1. The molecule has 158 valence electrons. The van der Waals surface area contributed by atoms with Crippen molar-refractivity contribution in [1.82, 2.24) is 14.8 Å². The van der Waals surface area contributed by atoms with Crippen LogP contribution in [0.1, 0.15) is 29.9 Å². The van der Waals surface area contributed by atoms with Gasteiger partial charge in [0.15, 0.2) is 10.9 Å². The van der Waals surface area contributed by atoms with Gasteiger partial charge in [0, 0.05) is 49.7 Å². The lowest BCUT2D eigenvalue weighted by Crippen LogP contribution is -2.51. The van der Waals surface area contributed by atoms with Gasteiger partial charge in [0.1, 0.15) is 0 Å². The summed E-state index contributed by atoms with van der Waals surface area (Å²) in [7, 11) is 0. The van der Waals surface area contributed by atoms with Crippen LogP contribution in [0.5, 0.6) is 0 Å². The molecule has 1 aromatic heterocycles. The molecule has 4 amide bonds. The zero-order chi connectivity index (χ0) is 21.7. The van der Waals surface area contributed by atoms with Crippen LogP contribution in [0.2, 0.25) is 0 Å². The minimum Gasteiger partial charge on any atom is -0.339 e. The summed E-state index contributed by atoms with van der Waals surface area (Å²) in [6.07, 6.45) is 0.0496. The van der Waals surface area contributed by atoms with E-state index in [0.717, 1.165) is 0 Å². The summed E-state index contributed by atoms with van der Waals surface area (Å²) in [6, 6.07) is 6.46. The largest absolute Gasteiger partial charge is 0.339 e. The fourth-order valence-electron chi connectivity index (χ4n) is 3.03. The summed E-state index contributed by atoms with van der Waals surface area (Å²) in [5.41, 5.74) is 1.61. The van der Waals surface area contributed by atoms with Gasteiger partial charge in [-0.2, -0.15) is 0 Å². The average molecular weight is 430 g/mol. The van der Waals surface area contributed by atoms with Crippen molar-refractivity contribution < 1.29 is 19.2 Å². The molecule has 1 saturated heterocycles. The molecule has 0 atom stereocenters. The van der Waals surface area contributed by atoms with E-state index in [2.05, 4.69) is 15.6 Å². The van der Waals surface area contributed by atoms with Crippen LogP contribution in [-0.2, 0) is 16.0 Å². The molecular formula is C20H23N5O4S. The molecule has 0 radical (unpaired) electrons. The van der Waals surface area contributed by atoms with Crippen LogP contribution in [-0.4, -0.2) is 64.6 Å². The first-order chi connectivity index (χ1) is 14.3. The molecule has 0 spiro atoms. The number of thiazole rings is 1. The lowest BCUT2D eigenvalue weighted by molar-refractivity contribution is -0.130. The van der Waals surface area contributed by atoms with Crippen LogP contribution < -0.4 is 10.6 Å². The summed E-state index contributed by atoms with van der Waals surface area (Å²) >= 11 is 1.24. The zero-order valence-corrected chi connectivity index (χ0v) is 17.6. The predicted octanol–water partition coefficient (Wildman–Crippen LogP) is 2.22. The van der Waals surface area contributed by atoms with E-state index in [1.807, 2.05) is 0 Å². The van der Waals surface area contributed by atoms with Crippen molar-refractivity contribution in [2.45, 2.75) is 20.3 Å². The van der Waals surface area contributed by atoms with E-state index in [1.54, 1.807) is 39.4 Å².